The first-order valence-electron chi connectivity index (χ1n) is 12.6. The van der Waals surface area contributed by atoms with E-state index < -0.39 is 15.5 Å². The van der Waals surface area contributed by atoms with E-state index in [9.17, 15) is 18.0 Å². The molecule has 38 heavy (non-hydrogen) atoms. The lowest BCUT2D eigenvalue weighted by molar-refractivity contribution is 0.0745. The van der Waals surface area contributed by atoms with Gasteiger partial charge in [0.2, 0.25) is 5.43 Å². The van der Waals surface area contributed by atoms with Crippen LogP contribution in [0.1, 0.15) is 22.8 Å². The fourth-order valence-corrected chi connectivity index (χ4v) is 5.95. The van der Waals surface area contributed by atoms with Crippen molar-refractivity contribution in [3.8, 4) is 0 Å². The summed E-state index contributed by atoms with van der Waals surface area (Å²) in [5.74, 6) is -0.359. The summed E-state index contributed by atoms with van der Waals surface area (Å²) in [5, 5.41) is 0.162. The van der Waals surface area contributed by atoms with Crippen LogP contribution in [0.25, 0.3) is 10.9 Å². The molecule has 8 nitrogen and oxygen atoms in total. The summed E-state index contributed by atoms with van der Waals surface area (Å²) in [5.41, 5.74) is 2.72. The zero-order chi connectivity index (χ0) is 26.9. The summed E-state index contributed by atoms with van der Waals surface area (Å²) < 4.78 is 28.0. The van der Waals surface area contributed by atoms with Gasteiger partial charge in [0.1, 0.15) is 5.56 Å². The second kappa shape index (κ2) is 10.3. The van der Waals surface area contributed by atoms with Gasteiger partial charge in [0.25, 0.3) is 15.9 Å². The fraction of sp³-hybridized carbons (Fsp3) is 0.241. The topological polar surface area (TPSA) is 93.8 Å². The number of amides is 1. The number of rotatable bonds is 6. The molecule has 1 fully saturated rings. The Morgan fingerprint density at radius 3 is 2.29 bits per heavy atom. The molecule has 1 saturated heterocycles. The van der Waals surface area contributed by atoms with Crippen LogP contribution in [0.5, 0.6) is 0 Å². The van der Waals surface area contributed by atoms with Crippen molar-refractivity contribution in [2.24, 2.45) is 0 Å². The molecule has 0 aliphatic carbocycles. The average molecular weight is 531 g/mol. The van der Waals surface area contributed by atoms with E-state index >= 15 is 0 Å². The van der Waals surface area contributed by atoms with Gasteiger partial charge in [0.15, 0.2) is 0 Å². The molecule has 0 radical (unpaired) electrons. The van der Waals surface area contributed by atoms with Crippen LogP contribution in [-0.2, 0) is 16.4 Å². The van der Waals surface area contributed by atoms with Gasteiger partial charge in [0, 0.05) is 56.0 Å². The van der Waals surface area contributed by atoms with Crippen LogP contribution in [0.2, 0.25) is 0 Å². The number of carbonyl (C=O) groups excluding carboxylic acids is 1. The Labute approximate surface area is 222 Å². The summed E-state index contributed by atoms with van der Waals surface area (Å²) in [6, 6.07) is 21.7. The molecule has 5 rings (SSSR count). The molecule has 0 bridgehead atoms. The lowest BCUT2D eigenvalue weighted by Gasteiger charge is -2.36. The zero-order valence-electron chi connectivity index (χ0n) is 21.4. The molecule has 196 valence electrons. The quantitative estimate of drug-likeness (QED) is 0.408. The van der Waals surface area contributed by atoms with Crippen molar-refractivity contribution >= 4 is 38.2 Å². The van der Waals surface area contributed by atoms with E-state index in [4.69, 9.17) is 0 Å². The Kier molecular flexibility index (Phi) is 6.94. The summed E-state index contributed by atoms with van der Waals surface area (Å²) in [7, 11) is -2.44. The second-order valence-electron chi connectivity index (χ2n) is 9.35. The SMILES string of the molecule is CCc1ccc(N(C)S(=O)(=O)c2ccc3[nH]cc(C(=O)N4CCN(c5ccccc5)CC4)c(=O)c3c2)cc1. The first kappa shape index (κ1) is 25.5. The lowest BCUT2D eigenvalue weighted by atomic mass is 10.1. The third-order valence-electron chi connectivity index (χ3n) is 7.14. The number of fused-ring (bicyclic) bond motifs is 1. The molecule has 4 aromatic rings. The highest BCUT2D eigenvalue weighted by atomic mass is 32.2. The molecular formula is C29H30N4O4S. The molecule has 0 atom stereocenters. The van der Waals surface area contributed by atoms with Crippen molar-refractivity contribution in [1.82, 2.24) is 9.88 Å². The number of aromatic amines is 1. The molecule has 0 spiro atoms. The van der Waals surface area contributed by atoms with Crippen LogP contribution in [0.3, 0.4) is 0 Å². The van der Waals surface area contributed by atoms with Crippen LogP contribution in [0.4, 0.5) is 11.4 Å². The molecule has 2 heterocycles. The fourth-order valence-electron chi connectivity index (χ4n) is 4.73. The number of H-pyrrole nitrogens is 1. The Morgan fingerprint density at radius 2 is 1.63 bits per heavy atom. The third-order valence-corrected chi connectivity index (χ3v) is 8.92. The van der Waals surface area contributed by atoms with E-state index in [1.807, 2.05) is 49.4 Å². The highest BCUT2D eigenvalue weighted by Crippen LogP contribution is 2.25. The van der Waals surface area contributed by atoms with Gasteiger partial charge in [-0.15, -0.1) is 0 Å². The number of nitrogens with one attached hydrogen (secondary N) is 1. The van der Waals surface area contributed by atoms with Crippen molar-refractivity contribution in [2.75, 3.05) is 42.4 Å². The van der Waals surface area contributed by atoms with Crippen LogP contribution in [-0.4, -0.2) is 57.4 Å². The number of aromatic nitrogens is 1. The maximum absolute atomic E-state index is 13.4. The minimum Gasteiger partial charge on any atom is -0.368 e. The van der Waals surface area contributed by atoms with Crippen LogP contribution >= 0.6 is 0 Å². The molecule has 3 aromatic carbocycles. The first-order chi connectivity index (χ1) is 18.3. The molecular weight excluding hydrogens is 500 g/mol. The molecule has 0 unspecified atom stereocenters. The molecule has 1 aromatic heterocycles. The predicted octanol–water partition coefficient (Wildman–Crippen LogP) is 3.88. The number of anilines is 2. The molecule has 1 amide bonds. The summed E-state index contributed by atoms with van der Waals surface area (Å²) in [4.78, 5) is 33.6. The Hall–Kier alpha value is -4.11. The van der Waals surface area contributed by atoms with Gasteiger partial charge in [-0.05, 0) is 54.4 Å². The van der Waals surface area contributed by atoms with E-state index in [1.165, 1.54) is 29.7 Å². The summed E-state index contributed by atoms with van der Waals surface area (Å²) >= 11 is 0. The monoisotopic (exact) mass is 530 g/mol. The van der Waals surface area contributed by atoms with Crippen molar-refractivity contribution < 1.29 is 13.2 Å². The Balaban J connectivity index is 1.40. The zero-order valence-corrected chi connectivity index (χ0v) is 22.2. The first-order valence-corrected chi connectivity index (χ1v) is 14.1. The normalized spacial score (nSPS) is 14.1. The smallest absolute Gasteiger partial charge is 0.264 e. The van der Waals surface area contributed by atoms with Crippen LogP contribution < -0.4 is 14.6 Å². The van der Waals surface area contributed by atoms with Crippen LogP contribution in [0, 0.1) is 0 Å². The maximum Gasteiger partial charge on any atom is 0.264 e. The lowest BCUT2D eigenvalue weighted by Crippen LogP contribution is -2.49. The van der Waals surface area contributed by atoms with Gasteiger partial charge in [-0.2, -0.15) is 0 Å². The van der Waals surface area contributed by atoms with Crippen molar-refractivity contribution in [3.63, 3.8) is 0 Å². The van der Waals surface area contributed by atoms with E-state index in [2.05, 4.69) is 9.88 Å². The molecule has 1 N–H and O–H groups in total. The largest absolute Gasteiger partial charge is 0.368 e. The van der Waals surface area contributed by atoms with E-state index in [0.717, 1.165) is 17.7 Å². The van der Waals surface area contributed by atoms with Gasteiger partial charge >= 0.3 is 0 Å². The van der Waals surface area contributed by atoms with Gasteiger partial charge in [-0.25, -0.2) is 8.42 Å². The van der Waals surface area contributed by atoms with Gasteiger partial charge in [-0.3, -0.25) is 13.9 Å². The van der Waals surface area contributed by atoms with E-state index in [1.54, 1.807) is 23.1 Å². The number of piperazine rings is 1. The minimum atomic E-state index is -3.93. The number of hydrogen-bond acceptors (Lipinski definition) is 5. The highest BCUT2D eigenvalue weighted by molar-refractivity contribution is 7.92. The molecule has 0 saturated carbocycles. The van der Waals surface area contributed by atoms with Gasteiger partial charge in [0.05, 0.1) is 10.6 Å². The van der Waals surface area contributed by atoms with Crippen LogP contribution in [0.15, 0.2) is 88.7 Å². The number of carbonyl (C=O) groups is 1. The van der Waals surface area contributed by atoms with E-state index in [0.29, 0.717) is 37.4 Å². The minimum absolute atomic E-state index is 0.00344. The number of pyridine rings is 1. The van der Waals surface area contributed by atoms with Crippen molar-refractivity contribution in [2.45, 2.75) is 18.2 Å². The highest BCUT2D eigenvalue weighted by Gasteiger charge is 2.26. The standard InChI is InChI=1S/C29H30N4O4S/c1-3-21-9-11-22(12-10-21)31(2)38(36,37)24-13-14-27-25(19-24)28(34)26(20-30-27)29(35)33-17-15-32(16-18-33)23-7-5-4-6-8-23/h4-14,19-20H,3,15-18H2,1-2H3,(H,30,34). The summed E-state index contributed by atoms with van der Waals surface area (Å²) in [6.07, 6.45) is 2.28. The number of para-hydroxylation sites is 1. The number of nitrogens with zero attached hydrogens (tertiary/aromatic N) is 3. The third kappa shape index (κ3) is 4.77. The Morgan fingerprint density at radius 1 is 0.947 bits per heavy atom. The van der Waals surface area contributed by atoms with Gasteiger partial charge < -0.3 is 14.8 Å². The second-order valence-corrected chi connectivity index (χ2v) is 11.3. The Bertz CT molecular complexity index is 1630. The molecule has 1 aliphatic heterocycles. The molecule has 1 aliphatic rings. The van der Waals surface area contributed by atoms with Gasteiger partial charge in [-0.1, -0.05) is 37.3 Å². The summed E-state index contributed by atoms with van der Waals surface area (Å²) in [6.45, 7) is 4.33. The van der Waals surface area contributed by atoms with Crippen molar-refractivity contribution in [1.29, 1.82) is 0 Å². The number of benzene rings is 3. The molecule has 9 heteroatoms. The van der Waals surface area contributed by atoms with E-state index in [-0.39, 0.29) is 21.8 Å². The maximum atomic E-state index is 13.4. The average Bonchev–Trinajstić information content (AvgIpc) is 2.97. The number of sulfonamides is 1. The van der Waals surface area contributed by atoms with Crippen molar-refractivity contribution in [3.05, 3.63) is 100 Å². The number of aryl methyl sites for hydroxylation is 1. The predicted molar refractivity (Wildman–Crippen MR) is 151 cm³/mol. The number of hydrogen-bond donors (Lipinski definition) is 1.